The quantitative estimate of drug-likeness (QED) is 0.410. The summed E-state index contributed by atoms with van der Waals surface area (Å²) in [5.41, 5.74) is 1.20. The van der Waals surface area contributed by atoms with Gasteiger partial charge in [0.05, 0.1) is 25.2 Å². The summed E-state index contributed by atoms with van der Waals surface area (Å²) in [6, 6.07) is 2.11. The first-order chi connectivity index (χ1) is 7.76. The topological polar surface area (TPSA) is 33.0 Å². The molecule has 0 saturated heterocycles. The van der Waals surface area contributed by atoms with Crippen molar-refractivity contribution < 1.29 is 4.74 Å². The highest BCUT2D eigenvalue weighted by atomic mass is 16.5. The van der Waals surface area contributed by atoms with Crippen LogP contribution in [0.5, 0.6) is 0 Å². The second-order valence-corrected chi connectivity index (χ2v) is 4.17. The monoisotopic (exact) mass is 223 g/mol. The first-order valence-electron chi connectivity index (χ1n) is 6.42. The van der Waals surface area contributed by atoms with Crippen molar-refractivity contribution in [2.24, 2.45) is 0 Å². The lowest BCUT2D eigenvalue weighted by Gasteiger charge is -2.19. The van der Waals surface area contributed by atoms with Crippen molar-refractivity contribution in [3.05, 3.63) is 12.2 Å². The molecule has 0 radical (unpaired) electrons. The van der Waals surface area contributed by atoms with E-state index in [9.17, 15) is 0 Å². The molecule has 0 aliphatic heterocycles. The lowest BCUT2D eigenvalue weighted by Crippen LogP contribution is -2.16. The molecule has 0 rings (SSSR count). The van der Waals surface area contributed by atoms with E-state index < -0.39 is 0 Å². The van der Waals surface area contributed by atoms with E-state index in [1.807, 2.05) is 0 Å². The molecular formula is C14H25NO. The maximum absolute atomic E-state index is 8.48. The van der Waals surface area contributed by atoms with E-state index in [2.05, 4.69) is 26.5 Å². The van der Waals surface area contributed by atoms with Crippen molar-refractivity contribution in [2.45, 2.75) is 64.9 Å². The number of unbranched alkanes of at least 4 members (excludes halogenated alkanes) is 2. The predicted octanol–water partition coefficient (Wildman–Crippen LogP) is 4.22. The summed E-state index contributed by atoms with van der Waals surface area (Å²) in [6.07, 6.45) is 7.47. The van der Waals surface area contributed by atoms with Gasteiger partial charge >= 0.3 is 0 Å². The van der Waals surface area contributed by atoms with Crippen molar-refractivity contribution in [3.8, 4) is 6.07 Å². The van der Waals surface area contributed by atoms with Crippen LogP contribution in [-0.4, -0.2) is 12.7 Å². The third-order valence-electron chi connectivity index (χ3n) is 2.66. The van der Waals surface area contributed by atoms with Gasteiger partial charge in [-0.3, -0.25) is 0 Å². The molecule has 1 unspecified atom stereocenters. The SMILES string of the molecule is C=C(CCCC)C(CCCC)OCCC#N. The molecule has 92 valence electrons. The highest BCUT2D eigenvalue weighted by Crippen LogP contribution is 2.18. The van der Waals surface area contributed by atoms with Crippen molar-refractivity contribution >= 4 is 0 Å². The van der Waals surface area contributed by atoms with Gasteiger partial charge < -0.3 is 4.74 Å². The summed E-state index contributed by atoms with van der Waals surface area (Å²) in [5.74, 6) is 0. The summed E-state index contributed by atoms with van der Waals surface area (Å²) in [7, 11) is 0. The Bertz CT molecular complexity index is 217. The van der Waals surface area contributed by atoms with E-state index in [0.29, 0.717) is 13.0 Å². The Balaban J connectivity index is 3.97. The van der Waals surface area contributed by atoms with Gasteiger partial charge in [0.25, 0.3) is 0 Å². The summed E-state index contributed by atoms with van der Waals surface area (Å²) in [4.78, 5) is 0. The van der Waals surface area contributed by atoms with Crippen LogP contribution in [0.3, 0.4) is 0 Å². The predicted molar refractivity (Wildman–Crippen MR) is 68.2 cm³/mol. The molecule has 0 aromatic rings. The van der Waals surface area contributed by atoms with Gasteiger partial charge in [0.2, 0.25) is 0 Å². The number of nitrogens with zero attached hydrogens (tertiary/aromatic N) is 1. The third-order valence-corrected chi connectivity index (χ3v) is 2.66. The zero-order chi connectivity index (χ0) is 12.2. The molecule has 0 aliphatic carbocycles. The lowest BCUT2D eigenvalue weighted by molar-refractivity contribution is 0.0722. The Kier molecular flexibility index (Phi) is 10.2. The first kappa shape index (κ1) is 15.2. The molecule has 16 heavy (non-hydrogen) atoms. The molecule has 0 aromatic carbocycles. The average Bonchev–Trinajstić information content (AvgIpc) is 2.30. The third kappa shape index (κ3) is 7.48. The molecule has 0 aromatic heterocycles. The molecule has 0 spiro atoms. The average molecular weight is 223 g/mol. The second-order valence-electron chi connectivity index (χ2n) is 4.17. The van der Waals surface area contributed by atoms with Crippen LogP contribution in [0.1, 0.15) is 58.8 Å². The van der Waals surface area contributed by atoms with E-state index in [4.69, 9.17) is 10.00 Å². The van der Waals surface area contributed by atoms with Gasteiger partial charge in [-0.25, -0.2) is 0 Å². The zero-order valence-corrected chi connectivity index (χ0v) is 10.8. The van der Waals surface area contributed by atoms with Gasteiger partial charge in [0.1, 0.15) is 0 Å². The molecule has 0 aliphatic rings. The molecule has 2 heteroatoms. The van der Waals surface area contributed by atoms with Crippen molar-refractivity contribution in [2.75, 3.05) is 6.61 Å². The van der Waals surface area contributed by atoms with E-state index in [-0.39, 0.29) is 6.10 Å². The van der Waals surface area contributed by atoms with E-state index in [1.165, 1.54) is 31.3 Å². The minimum Gasteiger partial charge on any atom is -0.373 e. The van der Waals surface area contributed by atoms with Gasteiger partial charge in [0, 0.05) is 0 Å². The number of hydrogen-bond acceptors (Lipinski definition) is 2. The van der Waals surface area contributed by atoms with Crippen molar-refractivity contribution in [1.29, 1.82) is 5.26 Å². The zero-order valence-electron chi connectivity index (χ0n) is 10.8. The van der Waals surface area contributed by atoms with Crippen LogP contribution in [0.4, 0.5) is 0 Å². The fourth-order valence-electron chi connectivity index (χ4n) is 1.61. The Morgan fingerprint density at radius 1 is 1.31 bits per heavy atom. The molecule has 0 heterocycles. The van der Waals surface area contributed by atoms with Gasteiger partial charge in [-0.05, 0) is 24.8 Å². The Morgan fingerprint density at radius 3 is 2.56 bits per heavy atom. The molecule has 2 nitrogen and oxygen atoms in total. The van der Waals surface area contributed by atoms with Gasteiger partial charge in [0.15, 0.2) is 0 Å². The maximum atomic E-state index is 8.48. The maximum Gasteiger partial charge on any atom is 0.0782 e. The number of hydrogen-bond donors (Lipinski definition) is 0. The summed E-state index contributed by atoms with van der Waals surface area (Å²) in [6.45, 7) is 9.02. The van der Waals surface area contributed by atoms with Gasteiger partial charge in [-0.1, -0.05) is 39.7 Å². The van der Waals surface area contributed by atoms with Crippen LogP contribution in [0.2, 0.25) is 0 Å². The lowest BCUT2D eigenvalue weighted by atomic mass is 10.0. The molecular weight excluding hydrogens is 198 g/mol. The van der Waals surface area contributed by atoms with Crippen molar-refractivity contribution in [1.82, 2.24) is 0 Å². The largest absolute Gasteiger partial charge is 0.373 e. The summed E-state index contributed by atoms with van der Waals surface area (Å²) < 4.78 is 5.72. The van der Waals surface area contributed by atoms with Crippen LogP contribution in [0.25, 0.3) is 0 Å². The van der Waals surface area contributed by atoms with Crippen LogP contribution in [0.15, 0.2) is 12.2 Å². The van der Waals surface area contributed by atoms with E-state index in [0.717, 1.165) is 12.8 Å². The minimum absolute atomic E-state index is 0.167. The van der Waals surface area contributed by atoms with E-state index in [1.54, 1.807) is 0 Å². The normalized spacial score (nSPS) is 12.1. The highest BCUT2D eigenvalue weighted by Gasteiger charge is 2.12. The standard InChI is InChI=1S/C14H25NO/c1-4-6-9-13(3)14(10-7-5-2)16-12-8-11-15/h14H,3-10,12H2,1-2H3. The fourth-order valence-corrected chi connectivity index (χ4v) is 1.61. The molecule has 0 saturated carbocycles. The molecule has 0 bridgehead atoms. The molecule has 1 atom stereocenters. The van der Waals surface area contributed by atoms with E-state index >= 15 is 0 Å². The summed E-state index contributed by atoms with van der Waals surface area (Å²) in [5, 5.41) is 8.48. The Morgan fingerprint density at radius 2 is 2.00 bits per heavy atom. The smallest absolute Gasteiger partial charge is 0.0782 e. The fraction of sp³-hybridized carbons (Fsp3) is 0.786. The highest BCUT2D eigenvalue weighted by molar-refractivity contribution is 5.02. The number of rotatable bonds is 10. The van der Waals surface area contributed by atoms with Crippen LogP contribution in [-0.2, 0) is 4.74 Å². The Hall–Kier alpha value is -0.810. The number of ether oxygens (including phenoxy) is 1. The van der Waals surface area contributed by atoms with Crippen molar-refractivity contribution in [3.63, 3.8) is 0 Å². The van der Waals surface area contributed by atoms with Crippen LogP contribution in [0, 0.1) is 11.3 Å². The molecule has 0 N–H and O–H groups in total. The molecule has 0 fully saturated rings. The minimum atomic E-state index is 0.167. The second kappa shape index (κ2) is 10.7. The summed E-state index contributed by atoms with van der Waals surface area (Å²) >= 11 is 0. The van der Waals surface area contributed by atoms with Crippen LogP contribution >= 0.6 is 0 Å². The van der Waals surface area contributed by atoms with Gasteiger partial charge in [-0.15, -0.1) is 0 Å². The van der Waals surface area contributed by atoms with Crippen LogP contribution < -0.4 is 0 Å². The molecule has 0 amide bonds. The number of nitriles is 1. The Labute approximate surface area is 100 Å². The van der Waals surface area contributed by atoms with Gasteiger partial charge in [-0.2, -0.15) is 5.26 Å². The first-order valence-corrected chi connectivity index (χ1v) is 6.42.